The standard InChI is InChI=1S/C25H16Cl3N3OS/c26-17-10-9-15(20(28)12-17)13-31-14-16(18-5-1-4-8-22(18)31)11-23-24(32)30-25(33-23)29-21-7-3-2-6-19(21)27/h1-12,14H,13H2,(H,29,30,32)/b23-11-. The molecule has 3 aromatic carbocycles. The molecule has 5 rings (SSSR count). The number of aliphatic imine (C=N–C) groups is 1. The predicted molar refractivity (Wildman–Crippen MR) is 140 cm³/mol. The van der Waals surface area contributed by atoms with Crippen LogP contribution in [-0.4, -0.2) is 15.6 Å². The molecule has 8 heteroatoms. The van der Waals surface area contributed by atoms with Gasteiger partial charge in [0.1, 0.15) is 0 Å². The third kappa shape index (κ3) is 4.68. The Labute approximate surface area is 209 Å². The van der Waals surface area contributed by atoms with E-state index in [0.717, 1.165) is 22.0 Å². The van der Waals surface area contributed by atoms with Gasteiger partial charge >= 0.3 is 0 Å². The highest BCUT2D eigenvalue weighted by Crippen LogP contribution is 2.33. The summed E-state index contributed by atoms with van der Waals surface area (Å²) in [5.74, 6) is -0.191. The second kappa shape index (κ2) is 9.27. The Hall–Kier alpha value is -2.70. The number of amidine groups is 1. The number of carbonyl (C=O) groups excluding carboxylic acids is 1. The Morgan fingerprint density at radius 1 is 0.970 bits per heavy atom. The average Bonchev–Trinajstić information content (AvgIpc) is 3.32. The second-order valence-electron chi connectivity index (χ2n) is 7.40. The molecule has 0 bridgehead atoms. The number of fused-ring (bicyclic) bond motifs is 1. The summed E-state index contributed by atoms with van der Waals surface area (Å²) in [4.78, 5) is 17.7. The molecule has 1 amide bonds. The van der Waals surface area contributed by atoms with Gasteiger partial charge in [-0.05, 0) is 53.7 Å². The minimum Gasteiger partial charge on any atom is -0.342 e. The Morgan fingerprint density at radius 2 is 1.76 bits per heavy atom. The van der Waals surface area contributed by atoms with E-state index in [9.17, 15) is 4.79 Å². The number of hydrogen-bond acceptors (Lipinski definition) is 3. The van der Waals surface area contributed by atoms with Gasteiger partial charge in [0.25, 0.3) is 5.91 Å². The summed E-state index contributed by atoms with van der Waals surface area (Å²) in [5, 5.41) is 6.10. The fourth-order valence-electron chi connectivity index (χ4n) is 3.63. The molecule has 164 valence electrons. The number of halogens is 3. The molecular weight excluding hydrogens is 497 g/mol. The number of hydrogen-bond donors (Lipinski definition) is 1. The zero-order valence-electron chi connectivity index (χ0n) is 17.1. The summed E-state index contributed by atoms with van der Waals surface area (Å²) in [6.07, 6.45) is 3.91. The molecular formula is C25H16Cl3N3OS. The molecule has 1 saturated heterocycles. The molecule has 0 unspecified atom stereocenters. The van der Waals surface area contributed by atoms with Crippen LogP contribution in [0.25, 0.3) is 17.0 Å². The van der Waals surface area contributed by atoms with Crippen molar-refractivity contribution in [2.24, 2.45) is 4.99 Å². The Balaban J connectivity index is 1.49. The van der Waals surface area contributed by atoms with Crippen LogP contribution in [0, 0.1) is 0 Å². The van der Waals surface area contributed by atoms with E-state index < -0.39 is 0 Å². The first-order chi connectivity index (χ1) is 16.0. The molecule has 0 aliphatic carbocycles. The number of nitrogens with zero attached hydrogens (tertiary/aromatic N) is 2. The molecule has 4 aromatic rings. The number of para-hydroxylation sites is 2. The summed E-state index contributed by atoms with van der Waals surface area (Å²) in [5.41, 5.74) is 3.55. The summed E-state index contributed by atoms with van der Waals surface area (Å²) < 4.78 is 2.12. The zero-order valence-corrected chi connectivity index (χ0v) is 20.1. The van der Waals surface area contributed by atoms with Crippen molar-refractivity contribution in [2.75, 3.05) is 0 Å². The van der Waals surface area contributed by atoms with Crippen LogP contribution in [0.2, 0.25) is 15.1 Å². The lowest BCUT2D eigenvalue weighted by Crippen LogP contribution is -2.19. The molecule has 1 aliphatic rings. The minimum atomic E-state index is -0.191. The molecule has 4 nitrogen and oxygen atoms in total. The van der Waals surface area contributed by atoms with Gasteiger partial charge in [-0.3, -0.25) is 4.79 Å². The maximum absolute atomic E-state index is 12.6. The van der Waals surface area contributed by atoms with Crippen LogP contribution in [-0.2, 0) is 11.3 Å². The van der Waals surface area contributed by atoms with Gasteiger partial charge in [0.05, 0.1) is 15.6 Å². The van der Waals surface area contributed by atoms with Crippen molar-refractivity contribution in [2.45, 2.75) is 6.54 Å². The molecule has 0 saturated carbocycles. The van der Waals surface area contributed by atoms with Gasteiger partial charge in [-0.1, -0.05) is 71.2 Å². The molecule has 0 radical (unpaired) electrons. The van der Waals surface area contributed by atoms with Crippen LogP contribution < -0.4 is 5.32 Å². The maximum atomic E-state index is 12.6. The number of carbonyl (C=O) groups is 1. The highest BCUT2D eigenvalue weighted by Gasteiger charge is 2.24. The van der Waals surface area contributed by atoms with E-state index >= 15 is 0 Å². The number of amides is 1. The van der Waals surface area contributed by atoms with Crippen molar-refractivity contribution in [1.82, 2.24) is 9.88 Å². The van der Waals surface area contributed by atoms with E-state index in [4.69, 9.17) is 34.8 Å². The van der Waals surface area contributed by atoms with Crippen LogP contribution in [0.5, 0.6) is 0 Å². The Kier molecular flexibility index (Phi) is 6.21. The van der Waals surface area contributed by atoms with Crippen molar-refractivity contribution in [3.05, 3.63) is 104 Å². The van der Waals surface area contributed by atoms with E-state index in [-0.39, 0.29) is 5.91 Å². The first-order valence-corrected chi connectivity index (χ1v) is 12.0. The summed E-state index contributed by atoms with van der Waals surface area (Å²) in [6, 6.07) is 20.8. The highest BCUT2D eigenvalue weighted by atomic mass is 35.5. The lowest BCUT2D eigenvalue weighted by atomic mass is 10.1. The number of benzene rings is 3. The van der Waals surface area contributed by atoms with Crippen LogP contribution >= 0.6 is 46.6 Å². The molecule has 1 N–H and O–H groups in total. The van der Waals surface area contributed by atoms with Crippen LogP contribution in [0.3, 0.4) is 0 Å². The SMILES string of the molecule is O=C1NC(=Nc2ccccc2Cl)S/C1=C\c1cn(Cc2ccc(Cl)cc2Cl)c2ccccc12. The third-order valence-corrected chi connectivity index (χ3v) is 7.00. The van der Waals surface area contributed by atoms with Crippen LogP contribution in [0.15, 0.2) is 82.8 Å². The quantitative estimate of drug-likeness (QED) is 0.287. The minimum absolute atomic E-state index is 0.191. The predicted octanol–water partition coefficient (Wildman–Crippen LogP) is 7.54. The lowest BCUT2D eigenvalue weighted by molar-refractivity contribution is -0.115. The number of nitrogens with one attached hydrogen (secondary N) is 1. The summed E-state index contributed by atoms with van der Waals surface area (Å²) >= 11 is 19.9. The molecule has 1 fully saturated rings. The van der Waals surface area contributed by atoms with E-state index in [1.165, 1.54) is 11.8 Å². The molecule has 0 atom stereocenters. The third-order valence-electron chi connectivity index (χ3n) is 5.19. The number of thioether (sulfide) groups is 1. The first-order valence-electron chi connectivity index (χ1n) is 10.0. The number of rotatable bonds is 4. The van der Waals surface area contributed by atoms with Gasteiger partial charge in [0.2, 0.25) is 0 Å². The smallest absolute Gasteiger partial charge is 0.264 e. The van der Waals surface area contributed by atoms with Gasteiger partial charge in [-0.15, -0.1) is 0 Å². The van der Waals surface area contributed by atoms with Crippen LogP contribution in [0.4, 0.5) is 5.69 Å². The molecule has 33 heavy (non-hydrogen) atoms. The number of aromatic nitrogens is 1. The van der Waals surface area contributed by atoms with Gasteiger partial charge in [-0.2, -0.15) is 0 Å². The molecule has 0 spiro atoms. The fraction of sp³-hybridized carbons (Fsp3) is 0.0400. The van der Waals surface area contributed by atoms with Gasteiger partial charge in [-0.25, -0.2) is 4.99 Å². The Bertz CT molecular complexity index is 1460. The fourth-order valence-corrected chi connectivity index (χ4v) is 5.10. The van der Waals surface area contributed by atoms with Crippen molar-refractivity contribution < 1.29 is 4.79 Å². The zero-order chi connectivity index (χ0) is 22.9. The second-order valence-corrected chi connectivity index (χ2v) is 9.68. The van der Waals surface area contributed by atoms with Crippen molar-refractivity contribution >= 4 is 80.3 Å². The molecule has 1 aromatic heterocycles. The van der Waals surface area contributed by atoms with Gasteiger partial charge in [0.15, 0.2) is 5.17 Å². The van der Waals surface area contributed by atoms with Gasteiger partial charge in [0, 0.05) is 39.3 Å². The molecule has 1 aliphatic heterocycles. The average molecular weight is 513 g/mol. The first kappa shape index (κ1) is 22.1. The summed E-state index contributed by atoms with van der Waals surface area (Å²) in [6.45, 7) is 0.582. The lowest BCUT2D eigenvalue weighted by Gasteiger charge is -2.08. The van der Waals surface area contributed by atoms with E-state index in [1.807, 2.05) is 60.8 Å². The Morgan fingerprint density at radius 3 is 2.58 bits per heavy atom. The topological polar surface area (TPSA) is 46.4 Å². The van der Waals surface area contributed by atoms with Crippen molar-refractivity contribution in [3.63, 3.8) is 0 Å². The van der Waals surface area contributed by atoms with E-state index in [0.29, 0.717) is 37.4 Å². The van der Waals surface area contributed by atoms with Crippen molar-refractivity contribution in [3.8, 4) is 0 Å². The van der Waals surface area contributed by atoms with E-state index in [1.54, 1.807) is 18.2 Å². The van der Waals surface area contributed by atoms with Crippen LogP contribution in [0.1, 0.15) is 11.1 Å². The molecule has 2 heterocycles. The van der Waals surface area contributed by atoms with Gasteiger partial charge < -0.3 is 9.88 Å². The largest absolute Gasteiger partial charge is 0.342 e. The summed E-state index contributed by atoms with van der Waals surface area (Å²) in [7, 11) is 0. The van der Waals surface area contributed by atoms with Crippen molar-refractivity contribution in [1.29, 1.82) is 0 Å². The highest BCUT2D eigenvalue weighted by molar-refractivity contribution is 8.18. The van der Waals surface area contributed by atoms with E-state index in [2.05, 4.69) is 14.9 Å². The maximum Gasteiger partial charge on any atom is 0.264 e. The monoisotopic (exact) mass is 511 g/mol. The normalized spacial score (nSPS) is 16.2.